The van der Waals surface area contributed by atoms with E-state index in [1.807, 2.05) is 0 Å². The molecule has 0 heterocycles. The third-order valence-corrected chi connectivity index (χ3v) is 4.22. The van der Waals surface area contributed by atoms with Crippen LogP contribution in [-0.4, -0.2) is 40.2 Å². The van der Waals surface area contributed by atoms with Gasteiger partial charge in [0.15, 0.2) is 6.61 Å². The van der Waals surface area contributed by atoms with Crippen molar-refractivity contribution in [3.05, 3.63) is 29.8 Å². The van der Waals surface area contributed by atoms with E-state index in [0.717, 1.165) is 19.3 Å². The Kier molecular flexibility index (Phi) is 9.19. The second kappa shape index (κ2) is 11.1. The van der Waals surface area contributed by atoms with Crippen LogP contribution in [0.4, 0.5) is 4.79 Å². The molecule has 0 aliphatic rings. The molecule has 1 aromatic carbocycles. The van der Waals surface area contributed by atoms with Crippen molar-refractivity contribution in [3.8, 4) is 12.3 Å². The third kappa shape index (κ3) is 8.50. The highest BCUT2D eigenvalue weighted by molar-refractivity contribution is 7.89. The molecule has 1 amide bonds. The van der Waals surface area contributed by atoms with Crippen LogP contribution in [0.3, 0.4) is 0 Å². The molecule has 0 radical (unpaired) electrons. The number of benzene rings is 1. The summed E-state index contributed by atoms with van der Waals surface area (Å²) in [5.41, 5.74) is 0.358. The molecular formula is C17H22N2O6S. The topological polar surface area (TPSA) is 125 Å². The number of nitrogens with two attached hydrogens (primary N) is 1. The first-order chi connectivity index (χ1) is 12.3. The molecule has 0 atom stereocenters. The number of ether oxygens (including phenoxy) is 2. The minimum Gasteiger partial charge on any atom is -0.434 e. The van der Waals surface area contributed by atoms with Gasteiger partial charge in [0.05, 0.1) is 11.5 Å². The maximum absolute atomic E-state index is 11.9. The van der Waals surface area contributed by atoms with Crippen LogP contribution in [-0.2, 0) is 19.5 Å². The number of amides is 1. The predicted molar refractivity (Wildman–Crippen MR) is 94.7 cm³/mol. The molecule has 9 heteroatoms. The lowest BCUT2D eigenvalue weighted by Crippen LogP contribution is -2.24. The normalized spacial score (nSPS) is 10.6. The molecular weight excluding hydrogens is 360 g/mol. The smallest absolute Gasteiger partial charge is 0.434 e. The van der Waals surface area contributed by atoms with Gasteiger partial charge in [-0.1, -0.05) is 12.3 Å². The molecule has 0 fully saturated rings. The van der Waals surface area contributed by atoms with Crippen molar-refractivity contribution in [1.29, 1.82) is 0 Å². The first kappa shape index (κ1) is 21.5. The predicted octanol–water partition coefficient (Wildman–Crippen LogP) is 1.41. The van der Waals surface area contributed by atoms with Crippen molar-refractivity contribution in [2.24, 2.45) is 5.14 Å². The van der Waals surface area contributed by atoms with Crippen molar-refractivity contribution in [2.75, 3.05) is 19.8 Å². The number of terminal acetylenes is 1. The van der Waals surface area contributed by atoms with Gasteiger partial charge in [0.2, 0.25) is 10.0 Å². The maximum Gasteiger partial charge on any atom is 0.509 e. The van der Waals surface area contributed by atoms with E-state index >= 15 is 0 Å². The van der Waals surface area contributed by atoms with Crippen molar-refractivity contribution >= 4 is 22.1 Å². The number of primary sulfonamides is 1. The summed E-state index contributed by atoms with van der Waals surface area (Å²) < 4.78 is 31.7. The van der Waals surface area contributed by atoms with E-state index in [2.05, 4.69) is 16.0 Å². The molecule has 142 valence electrons. The number of unbranched alkanes of at least 4 members (excludes halogenated alkanes) is 3. The summed E-state index contributed by atoms with van der Waals surface area (Å²) in [5, 5.41) is 7.74. The van der Waals surface area contributed by atoms with Gasteiger partial charge in [-0.25, -0.2) is 18.4 Å². The Hall–Kier alpha value is -2.57. The van der Waals surface area contributed by atoms with Gasteiger partial charge in [0.25, 0.3) is 5.91 Å². The number of hydrogen-bond acceptors (Lipinski definition) is 6. The Bertz CT molecular complexity index is 738. The fourth-order valence-corrected chi connectivity index (χ4v) is 2.49. The lowest BCUT2D eigenvalue weighted by Gasteiger charge is -2.06. The summed E-state index contributed by atoms with van der Waals surface area (Å²) in [6.45, 7) is 0.635. The summed E-state index contributed by atoms with van der Waals surface area (Å²) in [6.07, 6.45) is 7.31. The van der Waals surface area contributed by atoms with Crippen LogP contribution in [0.2, 0.25) is 0 Å². The quantitative estimate of drug-likeness (QED) is 0.358. The average Bonchev–Trinajstić information content (AvgIpc) is 2.61. The van der Waals surface area contributed by atoms with E-state index < -0.39 is 16.2 Å². The van der Waals surface area contributed by atoms with Gasteiger partial charge in [0, 0.05) is 12.1 Å². The fourth-order valence-electron chi connectivity index (χ4n) is 1.98. The standard InChI is InChI=1S/C17H22N2O6S/c1-2-12-24-17(21)25-13-6-4-3-5-11-19-16(20)14-7-9-15(10-8-14)26(18,22)23/h1,7-10H,3-6,11-13H2,(H,19,20)(H2,18,22,23). The largest absolute Gasteiger partial charge is 0.509 e. The molecule has 0 bridgehead atoms. The van der Waals surface area contributed by atoms with Gasteiger partial charge >= 0.3 is 6.16 Å². The van der Waals surface area contributed by atoms with E-state index in [1.165, 1.54) is 24.3 Å². The monoisotopic (exact) mass is 382 g/mol. The van der Waals surface area contributed by atoms with Crippen molar-refractivity contribution in [1.82, 2.24) is 5.32 Å². The van der Waals surface area contributed by atoms with Crippen LogP contribution in [0, 0.1) is 12.3 Å². The minimum atomic E-state index is -3.77. The van der Waals surface area contributed by atoms with Crippen LogP contribution >= 0.6 is 0 Å². The Balaban J connectivity index is 2.13. The second-order valence-corrected chi connectivity index (χ2v) is 6.89. The summed E-state index contributed by atoms with van der Waals surface area (Å²) in [4.78, 5) is 22.9. The zero-order valence-electron chi connectivity index (χ0n) is 14.3. The van der Waals surface area contributed by atoms with Crippen LogP contribution in [0.15, 0.2) is 29.2 Å². The van der Waals surface area contributed by atoms with E-state index in [4.69, 9.17) is 16.3 Å². The molecule has 0 saturated carbocycles. The molecule has 1 rings (SSSR count). The minimum absolute atomic E-state index is 0.0422. The summed E-state index contributed by atoms with van der Waals surface area (Å²) >= 11 is 0. The molecule has 0 saturated heterocycles. The average molecular weight is 382 g/mol. The van der Waals surface area contributed by atoms with Crippen LogP contribution in [0.25, 0.3) is 0 Å². The van der Waals surface area contributed by atoms with Crippen molar-refractivity contribution in [3.63, 3.8) is 0 Å². The highest BCUT2D eigenvalue weighted by atomic mass is 32.2. The highest BCUT2D eigenvalue weighted by Crippen LogP contribution is 2.08. The van der Waals surface area contributed by atoms with Gasteiger partial charge in [0.1, 0.15) is 0 Å². The van der Waals surface area contributed by atoms with E-state index in [9.17, 15) is 18.0 Å². The molecule has 0 aromatic heterocycles. The first-order valence-electron chi connectivity index (χ1n) is 7.98. The van der Waals surface area contributed by atoms with E-state index in [0.29, 0.717) is 18.5 Å². The Morgan fingerprint density at radius 3 is 2.35 bits per heavy atom. The molecule has 3 N–H and O–H groups in total. The van der Waals surface area contributed by atoms with Gasteiger partial charge in [-0.15, -0.1) is 6.42 Å². The Morgan fingerprint density at radius 1 is 1.08 bits per heavy atom. The summed E-state index contributed by atoms with van der Waals surface area (Å²) in [7, 11) is -3.77. The van der Waals surface area contributed by atoms with Gasteiger partial charge in [-0.05, 0) is 43.5 Å². The SMILES string of the molecule is C#CCOC(=O)OCCCCCCNC(=O)c1ccc(S(N)(=O)=O)cc1. The molecule has 26 heavy (non-hydrogen) atoms. The lowest BCUT2D eigenvalue weighted by atomic mass is 10.2. The zero-order chi connectivity index (χ0) is 19.4. The Labute approximate surface area is 153 Å². The number of carbonyl (C=O) groups is 2. The number of hydrogen-bond donors (Lipinski definition) is 2. The van der Waals surface area contributed by atoms with Gasteiger partial charge < -0.3 is 14.8 Å². The number of sulfonamides is 1. The van der Waals surface area contributed by atoms with Crippen molar-refractivity contribution in [2.45, 2.75) is 30.6 Å². The fraction of sp³-hybridized carbons (Fsp3) is 0.412. The van der Waals surface area contributed by atoms with E-state index in [1.54, 1.807) is 0 Å². The van der Waals surface area contributed by atoms with Gasteiger partial charge in [-0.2, -0.15) is 0 Å². The van der Waals surface area contributed by atoms with E-state index in [-0.39, 0.29) is 24.0 Å². The number of rotatable bonds is 10. The Morgan fingerprint density at radius 2 is 1.73 bits per heavy atom. The maximum atomic E-state index is 11.9. The molecule has 0 spiro atoms. The molecule has 0 aliphatic heterocycles. The third-order valence-electron chi connectivity index (χ3n) is 3.29. The van der Waals surface area contributed by atoms with Crippen LogP contribution in [0.5, 0.6) is 0 Å². The van der Waals surface area contributed by atoms with Crippen LogP contribution in [0.1, 0.15) is 36.0 Å². The molecule has 0 aliphatic carbocycles. The number of carbonyl (C=O) groups excluding carboxylic acids is 2. The highest BCUT2D eigenvalue weighted by Gasteiger charge is 2.09. The molecule has 0 unspecified atom stereocenters. The first-order valence-corrected chi connectivity index (χ1v) is 9.53. The lowest BCUT2D eigenvalue weighted by molar-refractivity contribution is 0.0632. The van der Waals surface area contributed by atoms with Crippen molar-refractivity contribution < 1.29 is 27.5 Å². The summed E-state index contributed by atoms with van der Waals surface area (Å²) in [5.74, 6) is 1.88. The molecule has 1 aromatic rings. The molecule has 8 nitrogen and oxygen atoms in total. The zero-order valence-corrected chi connectivity index (χ0v) is 15.1. The summed E-state index contributed by atoms with van der Waals surface area (Å²) in [6, 6.07) is 5.40. The van der Waals surface area contributed by atoms with Gasteiger partial charge in [-0.3, -0.25) is 4.79 Å². The van der Waals surface area contributed by atoms with Crippen LogP contribution < -0.4 is 10.5 Å². The second-order valence-electron chi connectivity index (χ2n) is 5.33. The number of nitrogens with one attached hydrogen (secondary N) is 1.